The third kappa shape index (κ3) is 3.77. The van der Waals surface area contributed by atoms with Gasteiger partial charge in [0.2, 0.25) is 0 Å². The number of hydrogen-bond acceptors (Lipinski definition) is 5. The number of methoxy groups -OCH3 is 1. The Morgan fingerprint density at radius 1 is 1.25 bits per heavy atom. The van der Waals surface area contributed by atoms with Crippen molar-refractivity contribution in [1.82, 2.24) is 4.90 Å². The second-order valence-corrected chi connectivity index (χ2v) is 7.61. The molecule has 1 unspecified atom stereocenters. The van der Waals surface area contributed by atoms with E-state index < -0.39 is 17.7 Å². The molecule has 6 nitrogen and oxygen atoms in total. The maximum absolute atomic E-state index is 12.8. The molecule has 0 saturated carbocycles. The predicted molar refractivity (Wildman–Crippen MR) is 108 cm³/mol. The van der Waals surface area contributed by atoms with Crippen LogP contribution < -0.4 is 0 Å². The van der Waals surface area contributed by atoms with E-state index in [0.717, 1.165) is 10.0 Å². The maximum Gasteiger partial charge on any atom is 0.295 e. The molecule has 1 aliphatic rings. The molecule has 1 fully saturated rings. The molecule has 3 rings (SSSR count). The van der Waals surface area contributed by atoms with E-state index in [9.17, 15) is 14.7 Å². The fourth-order valence-electron chi connectivity index (χ4n) is 3.33. The third-order valence-corrected chi connectivity index (χ3v) is 5.64. The molecule has 148 valence electrons. The van der Waals surface area contributed by atoms with Crippen LogP contribution in [0, 0.1) is 13.8 Å². The van der Waals surface area contributed by atoms with E-state index in [1.165, 1.54) is 4.90 Å². The number of ether oxygens (including phenoxy) is 1. The van der Waals surface area contributed by atoms with Crippen molar-refractivity contribution < 1.29 is 23.8 Å². The summed E-state index contributed by atoms with van der Waals surface area (Å²) in [4.78, 5) is 27.0. The highest BCUT2D eigenvalue weighted by Crippen LogP contribution is 2.40. The van der Waals surface area contributed by atoms with Crippen LogP contribution in [0.15, 0.2) is 44.8 Å². The van der Waals surface area contributed by atoms with E-state index in [1.54, 1.807) is 44.4 Å². The zero-order valence-electron chi connectivity index (χ0n) is 16.0. The second kappa shape index (κ2) is 8.32. The minimum absolute atomic E-state index is 0.0403. The lowest BCUT2D eigenvalue weighted by atomic mass is 9.98. The first kappa shape index (κ1) is 20.4. The number of rotatable bonds is 6. The zero-order valence-corrected chi connectivity index (χ0v) is 17.6. The number of nitrogens with zero attached hydrogens (tertiary/aromatic N) is 1. The summed E-state index contributed by atoms with van der Waals surface area (Å²) >= 11 is 3.43. The van der Waals surface area contributed by atoms with Crippen molar-refractivity contribution >= 4 is 33.4 Å². The van der Waals surface area contributed by atoms with Gasteiger partial charge in [-0.1, -0.05) is 22.0 Å². The van der Waals surface area contributed by atoms with Crippen LogP contribution in [0.4, 0.5) is 0 Å². The van der Waals surface area contributed by atoms with E-state index in [2.05, 4.69) is 15.9 Å². The topological polar surface area (TPSA) is 80.0 Å². The predicted octanol–water partition coefficient (Wildman–Crippen LogP) is 4.12. The Morgan fingerprint density at radius 3 is 2.61 bits per heavy atom. The second-order valence-electron chi connectivity index (χ2n) is 6.75. The van der Waals surface area contributed by atoms with Crippen molar-refractivity contribution in [3.8, 4) is 0 Å². The van der Waals surface area contributed by atoms with Gasteiger partial charge in [-0.25, -0.2) is 0 Å². The number of ketones is 1. The lowest BCUT2D eigenvalue weighted by molar-refractivity contribution is -0.140. The smallest absolute Gasteiger partial charge is 0.295 e. The van der Waals surface area contributed by atoms with Crippen LogP contribution in [0.2, 0.25) is 0 Å². The normalized spacial score (nSPS) is 18.9. The number of furan rings is 1. The highest BCUT2D eigenvalue weighted by Gasteiger charge is 2.47. The molecule has 1 amide bonds. The monoisotopic (exact) mass is 447 g/mol. The number of benzene rings is 1. The Labute approximate surface area is 171 Å². The Hall–Kier alpha value is -2.38. The molecule has 1 saturated heterocycles. The van der Waals surface area contributed by atoms with E-state index >= 15 is 0 Å². The summed E-state index contributed by atoms with van der Waals surface area (Å²) in [6.07, 6.45) is 0.567. The van der Waals surface area contributed by atoms with Gasteiger partial charge in [0.05, 0.1) is 5.57 Å². The number of likely N-dealkylation sites (tertiary alicyclic amines) is 1. The number of halogens is 1. The zero-order chi connectivity index (χ0) is 20.4. The Balaban J connectivity index is 2.11. The first-order chi connectivity index (χ1) is 13.3. The molecule has 2 aromatic rings. The summed E-state index contributed by atoms with van der Waals surface area (Å²) in [5.41, 5.74) is 1.42. The van der Waals surface area contributed by atoms with Gasteiger partial charge >= 0.3 is 0 Å². The highest BCUT2D eigenvalue weighted by molar-refractivity contribution is 9.10. The first-order valence-electron chi connectivity index (χ1n) is 8.95. The van der Waals surface area contributed by atoms with Crippen molar-refractivity contribution in [3.63, 3.8) is 0 Å². The number of amides is 1. The minimum Gasteiger partial charge on any atom is -0.507 e. The maximum atomic E-state index is 12.8. The number of hydrogen-bond donors (Lipinski definition) is 1. The van der Waals surface area contributed by atoms with Gasteiger partial charge in [-0.05, 0) is 50.1 Å². The van der Waals surface area contributed by atoms with Crippen LogP contribution in [-0.2, 0) is 14.3 Å². The molecule has 1 atom stereocenters. The molecular weight excluding hydrogens is 426 g/mol. The van der Waals surface area contributed by atoms with Gasteiger partial charge < -0.3 is 19.2 Å². The number of aliphatic hydroxyl groups is 1. The van der Waals surface area contributed by atoms with Gasteiger partial charge in [0, 0.05) is 30.3 Å². The summed E-state index contributed by atoms with van der Waals surface area (Å²) in [6, 6.07) is 8.00. The van der Waals surface area contributed by atoms with Crippen LogP contribution in [0.25, 0.3) is 5.76 Å². The molecule has 1 aliphatic heterocycles. The van der Waals surface area contributed by atoms with Gasteiger partial charge in [-0.2, -0.15) is 0 Å². The van der Waals surface area contributed by atoms with Crippen molar-refractivity contribution in [2.75, 3.05) is 20.3 Å². The molecule has 1 aromatic heterocycles. The first-order valence-corrected chi connectivity index (χ1v) is 9.74. The lowest BCUT2D eigenvalue weighted by Crippen LogP contribution is -2.31. The van der Waals surface area contributed by atoms with Crippen molar-refractivity contribution in [3.05, 3.63) is 63.0 Å². The average Bonchev–Trinajstić information content (AvgIpc) is 3.19. The van der Waals surface area contributed by atoms with Gasteiger partial charge in [0.25, 0.3) is 11.7 Å². The minimum atomic E-state index is -0.769. The number of Topliss-reactive ketones (excluding diaryl/α,β-unsaturated/α-hetero) is 1. The van der Waals surface area contributed by atoms with Gasteiger partial charge in [0.1, 0.15) is 23.3 Å². The molecular formula is C21H22BrNO5. The van der Waals surface area contributed by atoms with E-state index in [-0.39, 0.29) is 11.3 Å². The van der Waals surface area contributed by atoms with Crippen LogP contribution in [0.1, 0.15) is 35.1 Å². The Bertz CT molecular complexity index is 946. The number of carbonyl (C=O) groups excluding carboxylic acids is 2. The Kier molecular flexibility index (Phi) is 6.05. The molecule has 28 heavy (non-hydrogen) atoms. The lowest BCUT2D eigenvalue weighted by Gasteiger charge is -2.23. The van der Waals surface area contributed by atoms with Crippen molar-refractivity contribution in [2.45, 2.75) is 26.3 Å². The largest absolute Gasteiger partial charge is 0.507 e. The quantitative estimate of drug-likeness (QED) is 0.311. The number of carbonyl (C=O) groups is 2. The molecule has 0 radical (unpaired) electrons. The molecule has 2 heterocycles. The van der Waals surface area contributed by atoms with E-state index in [4.69, 9.17) is 9.15 Å². The molecule has 0 aliphatic carbocycles. The summed E-state index contributed by atoms with van der Waals surface area (Å²) in [7, 11) is 1.58. The van der Waals surface area contributed by atoms with Crippen LogP contribution >= 0.6 is 15.9 Å². The van der Waals surface area contributed by atoms with E-state index in [1.807, 2.05) is 6.92 Å². The molecule has 0 bridgehead atoms. The van der Waals surface area contributed by atoms with Crippen molar-refractivity contribution in [2.24, 2.45) is 0 Å². The molecule has 1 N–H and O–H groups in total. The van der Waals surface area contributed by atoms with Crippen LogP contribution in [-0.4, -0.2) is 42.0 Å². The fourth-order valence-corrected chi connectivity index (χ4v) is 3.58. The summed E-state index contributed by atoms with van der Waals surface area (Å²) in [5, 5.41) is 10.9. The third-order valence-electron chi connectivity index (χ3n) is 4.75. The number of aliphatic hydroxyl groups excluding tert-OH is 1. The van der Waals surface area contributed by atoms with Gasteiger partial charge in [0.15, 0.2) is 0 Å². The molecule has 0 spiro atoms. The van der Waals surface area contributed by atoms with E-state index in [0.29, 0.717) is 36.7 Å². The van der Waals surface area contributed by atoms with Gasteiger partial charge in [-0.15, -0.1) is 0 Å². The molecule has 7 heteroatoms. The SMILES string of the molecule is COCCCN1C(=O)C(=O)/C(=C(\O)c2ccc(Br)c(C)c2)C1c1ccc(C)o1. The van der Waals surface area contributed by atoms with Gasteiger partial charge in [-0.3, -0.25) is 9.59 Å². The Morgan fingerprint density at radius 2 is 2.00 bits per heavy atom. The van der Waals surface area contributed by atoms with Crippen LogP contribution in [0.5, 0.6) is 0 Å². The average molecular weight is 448 g/mol. The number of aryl methyl sites for hydroxylation is 2. The molecule has 1 aromatic carbocycles. The highest BCUT2D eigenvalue weighted by atomic mass is 79.9. The van der Waals surface area contributed by atoms with Crippen molar-refractivity contribution in [1.29, 1.82) is 0 Å². The van der Waals surface area contributed by atoms with Crippen LogP contribution in [0.3, 0.4) is 0 Å². The fraction of sp³-hybridized carbons (Fsp3) is 0.333. The standard InChI is InChI=1S/C21H22BrNO5/c1-12-11-14(6-7-15(12)22)19(24)17-18(16-8-5-13(2)28-16)23(9-4-10-27-3)21(26)20(17)25/h5-8,11,18,24H,4,9-10H2,1-3H3/b19-17-. The summed E-state index contributed by atoms with van der Waals surface area (Å²) in [5.74, 6) is -0.455. The summed E-state index contributed by atoms with van der Waals surface area (Å²) in [6.45, 7) is 4.45. The summed E-state index contributed by atoms with van der Waals surface area (Å²) < 4.78 is 11.7.